The molecule has 0 saturated carbocycles. The summed E-state index contributed by atoms with van der Waals surface area (Å²) >= 11 is 5.66. The van der Waals surface area contributed by atoms with Gasteiger partial charge in [0, 0.05) is 19.2 Å². The molecule has 0 aromatic heterocycles. The van der Waals surface area contributed by atoms with Gasteiger partial charge in [-0.05, 0) is 30.2 Å². The molecule has 0 spiro atoms. The molecule has 1 aromatic rings. The maximum absolute atomic E-state index is 13.0. The summed E-state index contributed by atoms with van der Waals surface area (Å²) in [5.74, 6) is -0.725. The van der Waals surface area contributed by atoms with E-state index in [0.29, 0.717) is 18.7 Å². The van der Waals surface area contributed by atoms with Crippen LogP contribution in [-0.4, -0.2) is 30.9 Å². The smallest absolute Gasteiger partial charge is 0.253 e. The van der Waals surface area contributed by atoms with Crippen molar-refractivity contribution in [1.29, 1.82) is 0 Å². The first-order valence-corrected chi connectivity index (χ1v) is 6.05. The van der Waals surface area contributed by atoms with Crippen molar-refractivity contribution in [3.8, 4) is 0 Å². The summed E-state index contributed by atoms with van der Waals surface area (Å²) in [6, 6.07) is 3.96. The summed E-state index contributed by atoms with van der Waals surface area (Å²) in [5, 5.41) is -0.0488. The van der Waals surface area contributed by atoms with Gasteiger partial charge in [-0.15, -0.1) is 12.4 Å². The van der Waals surface area contributed by atoms with Crippen molar-refractivity contribution < 1.29 is 9.18 Å². The van der Waals surface area contributed by atoms with E-state index >= 15 is 0 Å². The van der Waals surface area contributed by atoms with Crippen LogP contribution in [0.3, 0.4) is 0 Å². The Morgan fingerprint density at radius 3 is 2.53 bits per heavy atom. The Balaban J connectivity index is 0.00000324. The van der Waals surface area contributed by atoms with E-state index in [9.17, 15) is 9.18 Å². The first-order valence-electron chi connectivity index (χ1n) is 5.67. The molecule has 0 aliphatic rings. The van der Waals surface area contributed by atoms with Crippen molar-refractivity contribution in [3.05, 3.63) is 34.6 Å². The largest absolute Gasteiger partial charge is 0.341 e. The molecule has 0 radical (unpaired) electrons. The number of nitrogens with two attached hydrogens (primary N) is 1. The second kappa shape index (κ2) is 7.08. The molecule has 1 rings (SSSR count). The lowest BCUT2D eigenvalue weighted by molar-refractivity contribution is 0.0740. The van der Waals surface area contributed by atoms with Gasteiger partial charge >= 0.3 is 0 Å². The van der Waals surface area contributed by atoms with Crippen molar-refractivity contribution in [1.82, 2.24) is 4.90 Å². The monoisotopic (exact) mass is 308 g/mol. The number of halogens is 3. The molecule has 0 aliphatic heterocycles. The molecule has 1 amide bonds. The number of rotatable bonds is 4. The fraction of sp³-hybridized carbons (Fsp3) is 0.462. The number of carbonyl (C=O) groups is 1. The summed E-state index contributed by atoms with van der Waals surface area (Å²) in [6.07, 6.45) is 0. The molecule has 0 unspecified atom stereocenters. The van der Waals surface area contributed by atoms with E-state index in [1.54, 1.807) is 11.9 Å². The summed E-state index contributed by atoms with van der Waals surface area (Å²) in [5.41, 5.74) is 5.84. The fourth-order valence-corrected chi connectivity index (χ4v) is 1.81. The summed E-state index contributed by atoms with van der Waals surface area (Å²) < 4.78 is 13.0. The molecule has 2 N–H and O–H groups in total. The van der Waals surface area contributed by atoms with Crippen LogP contribution in [0.5, 0.6) is 0 Å². The van der Waals surface area contributed by atoms with Crippen LogP contribution in [0.2, 0.25) is 5.02 Å². The highest BCUT2D eigenvalue weighted by Gasteiger charge is 2.22. The van der Waals surface area contributed by atoms with Gasteiger partial charge < -0.3 is 10.6 Å². The second-order valence-corrected chi connectivity index (χ2v) is 5.57. The SMILES string of the molecule is CN(CC(C)(C)CN)C(=O)c1ccc(F)c(Cl)c1.Cl. The lowest BCUT2D eigenvalue weighted by Gasteiger charge is -2.29. The average Bonchev–Trinajstić information content (AvgIpc) is 2.31. The van der Waals surface area contributed by atoms with Gasteiger partial charge in [-0.1, -0.05) is 25.4 Å². The fourth-order valence-electron chi connectivity index (χ4n) is 1.63. The van der Waals surface area contributed by atoms with Crippen molar-refractivity contribution in [2.75, 3.05) is 20.1 Å². The number of benzene rings is 1. The van der Waals surface area contributed by atoms with Crippen LogP contribution in [0.25, 0.3) is 0 Å². The summed E-state index contributed by atoms with van der Waals surface area (Å²) in [7, 11) is 1.69. The van der Waals surface area contributed by atoms with E-state index in [-0.39, 0.29) is 28.8 Å². The van der Waals surface area contributed by atoms with Gasteiger partial charge in [0.2, 0.25) is 0 Å². The molecule has 19 heavy (non-hydrogen) atoms. The Bertz CT molecular complexity index is 452. The van der Waals surface area contributed by atoms with Gasteiger partial charge in [0.05, 0.1) is 5.02 Å². The lowest BCUT2D eigenvalue weighted by Crippen LogP contribution is -2.39. The van der Waals surface area contributed by atoms with E-state index in [0.717, 1.165) is 0 Å². The highest BCUT2D eigenvalue weighted by Crippen LogP contribution is 2.19. The number of nitrogens with zero attached hydrogens (tertiary/aromatic N) is 1. The molecule has 1 aromatic carbocycles. The third kappa shape index (κ3) is 4.97. The van der Waals surface area contributed by atoms with E-state index < -0.39 is 5.82 Å². The molecule has 6 heteroatoms. The van der Waals surface area contributed by atoms with E-state index in [1.807, 2.05) is 13.8 Å². The maximum Gasteiger partial charge on any atom is 0.253 e. The molecule has 0 heterocycles. The maximum atomic E-state index is 13.0. The van der Waals surface area contributed by atoms with Crippen LogP contribution < -0.4 is 5.73 Å². The predicted molar refractivity (Wildman–Crippen MR) is 78.5 cm³/mol. The molecule has 0 saturated heterocycles. The third-order valence-electron chi connectivity index (χ3n) is 2.73. The standard InChI is InChI=1S/C13H18ClFN2O.ClH/c1-13(2,7-16)8-17(3)12(18)9-4-5-11(15)10(14)6-9;/h4-6H,7-8,16H2,1-3H3;1H. The van der Waals surface area contributed by atoms with Crippen molar-refractivity contribution in [2.24, 2.45) is 11.1 Å². The third-order valence-corrected chi connectivity index (χ3v) is 3.02. The van der Waals surface area contributed by atoms with E-state index in [4.69, 9.17) is 17.3 Å². The quantitative estimate of drug-likeness (QED) is 0.929. The minimum absolute atomic E-state index is 0. The molecule has 0 bridgehead atoms. The molecule has 3 nitrogen and oxygen atoms in total. The summed E-state index contributed by atoms with van der Waals surface area (Å²) in [4.78, 5) is 13.7. The molecule has 0 atom stereocenters. The topological polar surface area (TPSA) is 46.3 Å². The van der Waals surface area contributed by atoms with Gasteiger partial charge in [0.1, 0.15) is 5.82 Å². The number of hydrogen-bond acceptors (Lipinski definition) is 2. The highest BCUT2D eigenvalue weighted by atomic mass is 35.5. The molecule has 0 fully saturated rings. The lowest BCUT2D eigenvalue weighted by atomic mass is 9.93. The van der Waals surface area contributed by atoms with Crippen LogP contribution in [0.1, 0.15) is 24.2 Å². The Morgan fingerprint density at radius 2 is 2.05 bits per heavy atom. The van der Waals surface area contributed by atoms with Crippen LogP contribution in [0.4, 0.5) is 4.39 Å². The zero-order valence-corrected chi connectivity index (χ0v) is 12.8. The number of hydrogen-bond donors (Lipinski definition) is 1. The normalized spacial score (nSPS) is 10.8. The van der Waals surface area contributed by atoms with Gasteiger partial charge in [-0.3, -0.25) is 4.79 Å². The van der Waals surface area contributed by atoms with Crippen LogP contribution in [0, 0.1) is 11.2 Å². The first kappa shape index (κ1) is 18.2. The number of carbonyl (C=O) groups excluding carboxylic acids is 1. The zero-order chi connectivity index (χ0) is 13.9. The number of amides is 1. The van der Waals surface area contributed by atoms with Gasteiger partial charge in [0.15, 0.2) is 0 Å². The van der Waals surface area contributed by atoms with Crippen LogP contribution in [-0.2, 0) is 0 Å². The van der Waals surface area contributed by atoms with Gasteiger partial charge in [0.25, 0.3) is 5.91 Å². The van der Waals surface area contributed by atoms with Gasteiger partial charge in [-0.2, -0.15) is 0 Å². The van der Waals surface area contributed by atoms with Crippen molar-refractivity contribution in [3.63, 3.8) is 0 Å². The predicted octanol–water partition coefficient (Wildman–Crippen LogP) is 2.96. The first-order chi connectivity index (χ1) is 8.26. The average molecular weight is 309 g/mol. The molecular weight excluding hydrogens is 290 g/mol. The van der Waals surface area contributed by atoms with Gasteiger partial charge in [-0.25, -0.2) is 4.39 Å². The van der Waals surface area contributed by atoms with E-state index in [2.05, 4.69) is 0 Å². The Labute approximate surface area is 124 Å². The minimum Gasteiger partial charge on any atom is -0.341 e. The van der Waals surface area contributed by atoms with E-state index in [1.165, 1.54) is 18.2 Å². The Kier molecular flexibility index (Phi) is 6.77. The molecule has 108 valence electrons. The van der Waals surface area contributed by atoms with Crippen LogP contribution in [0.15, 0.2) is 18.2 Å². The van der Waals surface area contributed by atoms with Crippen molar-refractivity contribution >= 4 is 29.9 Å². The minimum atomic E-state index is -0.529. The Hall–Kier alpha value is -0.840. The summed E-state index contributed by atoms with van der Waals surface area (Å²) in [6.45, 7) is 4.97. The molecular formula is C13H19Cl2FN2O. The highest BCUT2D eigenvalue weighted by molar-refractivity contribution is 6.31. The molecule has 0 aliphatic carbocycles. The van der Waals surface area contributed by atoms with Crippen LogP contribution >= 0.6 is 24.0 Å². The van der Waals surface area contributed by atoms with Crippen molar-refractivity contribution in [2.45, 2.75) is 13.8 Å². The second-order valence-electron chi connectivity index (χ2n) is 5.16. The Morgan fingerprint density at radius 1 is 1.47 bits per heavy atom. The zero-order valence-electron chi connectivity index (χ0n) is 11.2.